The molecule has 0 saturated heterocycles. The summed E-state index contributed by atoms with van der Waals surface area (Å²) in [5, 5.41) is 9.80. The van der Waals surface area contributed by atoms with E-state index < -0.39 is 7.12 Å². The molecule has 0 spiro atoms. The zero-order valence-corrected chi connectivity index (χ0v) is 9.41. The Morgan fingerprint density at radius 3 is 2.53 bits per heavy atom. The SMILES string of the molecule is OB1OCC(c2ccccc2)c2ccccc21. The molecule has 0 amide bonds. The van der Waals surface area contributed by atoms with Gasteiger partial charge >= 0.3 is 7.12 Å². The lowest BCUT2D eigenvalue weighted by Gasteiger charge is -2.27. The van der Waals surface area contributed by atoms with E-state index in [2.05, 4.69) is 18.2 Å². The lowest BCUT2D eigenvalue weighted by molar-refractivity contribution is 0.251. The van der Waals surface area contributed by atoms with Gasteiger partial charge in [0.15, 0.2) is 0 Å². The van der Waals surface area contributed by atoms with Gasteiger partial charge in [-0.3, -0.25) is 0 Å². The average Bonchev–Trinajstić information content (AvgIpc) is 2.41. The largest absolute Gasteiger partial charge is 0.491 e. The average molecular weight is 224 g/mol. The zero-order chi connectivity index (χ0) is 11.7. The van der Waals surface area contributed by atoms with Crippen molar-refractivity contribution >= 4 is 12.6 Å². The summed E-state index contributed by atoms with van der Waals surface area (Å²) in [7, 11) is -0.786. The quantitative estimate of drug-likeness (QED) is 0.744. The van der Waals surface area contributed by atoms with Gasteiger partial charge in [0.1, 0.15) is 0 Å². The van der Waals surface area contributed by atoms with Crippen molar-refractivity contribution in [2.45, 2.75) is 5.92 Å². The van der Waals surface area contributed by atoms with Crippen LogP contribution in [-0.4, -0.2) is 18.7 Å². The first-order valence-electron chi connectivity index (χ1n) is 5.79. The normalized spacial score (nSPS) is 18.9. The summed E-state index contributed by atoms with van der Waals surface area (Å²) < 4.78 is 5.43. The maximum atomic E-state index is 9.80. The third-order valence-corrected chi connectivity index (χ3v) is 3.26. The lowest BCUT2D eigenvalue weighted by atomic mass is 9.69. The Labute approximate surface area is 101 Å². The van der Waals surface area contributed by atoms with Gasteiger partial charge in [-0.2, -0.15) is 0 Å². The Morgan fingerprint density at radius 1 is 1.00 bits per heavy atom. The van der Waals surface area contributed by atoms with Gasteiger partial charge in [-0.15, -0.1) is 0 Å². The minimum atomic E-state index is -0.786. The molecule has 0 aromatic heterocycles. The van der Waals surface area contributed by atoms with E-state index in [0.717, 1.165) is 11.0 Å². The molecule has 3 heteroatoms. The molecule has 17 heavy (non-hydrogen) atoms. The van der Waals surface area contributed by atoms with Crippen LogP contribution in [0.4, 0.5) is 0 Å². The molecule has 2 aromatic rings. The second-order valence-corrected chi connectivity index (χ2v) is 4.28. The van der Waals surface area contributed by atoms with Gasteiger partial charge < -0.3 is 9.68 Å². The first kappa shape index (κ1) is 10.6. The number of fused-ring (bicyclic) bond motifs is 1. The molecule has 1 unspecified atom stereocenters. The smallest absolute Gasteiger partial charge is 0.423 e. The van der Waals surface area contributed by atoms with Gasteiger partial charge in [-0.25, -0.2) is 0 Å². The summed E-state index contributed by atoms with van der Waals surface area (Å²) in [6.45, 7) is 0.530. The van der Waals surface area contributed by atoms with Crippen LogP contribution in [0, 0.1) is 0 Å². The molecule has 1 N–H and O–H groups in total. The van der Waals surface area contributed by atoms with Crippen LogP contribution in [0.1, 0.15) is 17.0 Å². The van der Waals surface area contributed by atoms with Crippen LogP contribution in [0.2, 0.25) is 0 Å². The van der Waals surface area contributed by atoms with E-state index in [4.69, 9.17) is 4.65 Å². The van der Waals surface area contributed by atoms with E-state index >= 15 is 0 Å². The first-order valence-corrected chi connectivity index (χ1v) is 5.79. The molecule has 2 aromatic carbocycles. The maximum absolute atomic E-state index is 9.80. The summed E-state index contributed by atoms with van der Waals surface area (Å²) in [4.78, 5) is 0. The molecule has 1 heterocycles. The zero-order valence-electron chi connectivity index (χ0n) is 9.41. The second kappa shape index (κ2) is 4.36. The van der Waals surface area contributed by atoms with Crippen LogP contribution in [0.5, 0.6) is 0 Å². The van der Waals surface area contributed by atoms with Crippen LogP contribution >= 0.6 is 0 Å². The molecule has 1 aliphatic heterocycles. The predicted molar refractivity (Wildman–Crippen MR) is 68.3 cm³/mol. The summed E-state index contributed by atoms with van der Waals surface area (Å²) in [6, 6.07) is 18.2. The Hall–Kier alpha value is -1.58. The van der Waals surface area contributed by atoms with Gasteiger partial charge in [0.25, 0.3) is 0 Å². The Balaban J connectivity index is 2.07. The van der Waals surface area contributed by atoms with E-state index in [1.165, 1.54) is 5.56 Å². The third kappa shape index (κ3) is 1.88. The van der Waals surface area contributed by atoms with Crippen molar-refractivity contribution in [2.24, 2.45) is 0 Å². The third-order valence-electron chi connectivity index (χ3n) is 3.26. The second-order valence-electron chi connectivity index (χ2n) is 4.28. The van der Waals surface area contributed by atoms with Crippen LogP contribution in [0.3, 0.4) is 0 Å². The fraction of sp³-hybridized carbons (Fsp3) is 0.143. The van der Waals surface area contributed by atoms with Crippen molar-refractivity contribution in [1.82, 2.24) is 0 Å². The topological polar surface area (TPSA) is 29.5 Å². The van der Waals surface area contributed by atoms with Gasteiger partial charge in [0.2, 0.25) is 0 Å². The molecular formula is C14H13BO2. The fourth-order valence-corrected chi connectivity index (χ4v) is 2.38. The van der Waals surface area contributed by atoms with Gasteiger partial charge in [0, 0.05) is 12.5 Å². The van der Waals surface area contributed by atoms with Crippen LogP contribution in [0.25, 0.3) is 0 Å². The number of rotatable bonds is 1. The van der Waals surface area contributed by atoms with E-state index in [0.29, 0.717) is 6.61 Å². The van der Waals surface area contributed by atoms with Crippen LogP contribution in [-0.2, 0) is 4.65 Å². The highest BCUT2D eigenvalue weighted by molar-refractivity contribution is 6.60. The fourth-order valence-electron chi connectivity index (χ4n) is 2.38. The molecule has 0 aliphatic carbocycles. The highest BCUT2D eigenvalue weighted by Gasteiger charge is 2.30. The minimum Gasteiger partial charge on any atom is -0.423 e. The van der Waals surface area contributed by atoms with Gasteiger partial charge in [-0.1, -0.05) is 54.6 Å². The molecule has 0 fully saturated rings. The summed E-state index contributed by atoms with van der Waals surface area (Å²) in [5.41, 5.74) is 3.27. The molecule has 2 nitrogen and oxygen atoms in total. The summed E-state index contributed by atoms with van der Waals surface area (Å²) >= 11 is 0. The van der Waals surface area contributed by atoms with E-state index in [9.17, 15) is 5.02 Å². The summed E-state index contributed by atoms with van der Waals surface area (Å²) in [5.74, 6) is 0.218. The summed E-state index contributed by atoms with van der Waals surface area (Å²) in [6.07, 6.45) is 0. The van der Waals surface area contributed by atoms with Crippen molar-refractivity contribution in [3.63, 3.8) is 0 Å². The van der Waals surface area contributed by atoms with Crippen LogP contribution < -0.4 is 5.46 Å². The Bertz CT molecular complexity index is 513. The molecule has 1 atom stereocenters. The number of hydrogen-bond acceptors (Lipinski definition) is 2. The van der Waals surface area contributed by atoms with Crippen molar-refractivity contribution in [3.05, 3.63) is 65.7 Å². The standard InChI is InChI=1S/C14H13BO2/c16-15-14-9-5-4-8-12(14)13(10-17-15)11-6-2-1-3-7-11/h1-9,13,16H,10H2. The highest BCUT2D eigenvalue weighted by Crippen LogP contribution is 2.26. The van der Waals surface area contributed by atoms with Gasteiger partial charge in [0.05, 0.1) is 0 Å². The molecule has 0 bridgehead atoms. The van der Waals surface area contributed by atoms with Crippen molar-refractivity contribution in [2.75, 3.05) is 6.61 Å². The van der Waals surface area contributed by atoms with E-state index in [-0.39, 0.29) is 5.92 Å². The molecule has 84 valence electrons. The molecule has 0 saturated carbocycles. The Kier molecular flexibility index (Phi) is 2.71. The predicted octanol–water partition coefficient (Wildman–Crippen LogP) is 1.54. The highest BCUT2D eigenvalue weighted by atomic mass is 16.5. The van der Waals surface area contributed by atoms with Crippen molar-refractivity contribution in [1.29, 1.82) is 0 Å². The number of benzene rings is 2. The van der Waals surface area contributed by atoms with E-state index in [1.807, 2.05) is 36.4 Å². The van der Waals surface area contributed by atoms with Crippen molar-refractivity contribution < 1.29 is 9.68 Å². The van der Waals surface area contributed by atoms with Crippen molar-refractivity contribution in [3.8, 4) is 0 Å². The molecule has 1 aliphatic rings. The molecule has 3 rings (SSSR count). The number of hydrogen-bond donors (Lipinski definition) is 1. The lowest BCUT2D eigenvalue weighted by Crippen LogP contribution is -2.43. The molecular weight excluding hydrogens is 211 g/mol. The van der Waals surface area contributed by atoms with E-state index in [1.54, 1.807) is 0 Å². The monoisotopic (exact) mass is 224 g/mol. The molecule has 0 radical (unpaired) electrons. The maximum Gasteiger partial charge on any atom is 0.491 e. The minimum absolute atomic E-state index is 0.218. The Morgan fingerprint density at radius 2 is 1.71 bits per heavy atom. The van der Waals surface area contributed by atoms with Crippen LogP contribution in [0.15, 0.2) is 54.6 Å². The first-order chi connectivity index (χ1) is 8.36. The van der Waals surface area contributed by atoms with Gasteiger partial charge in [-0.05, 0) is 16.6 Å².